The van der Waals surface area contributed by atoms with Gasteiger partial charge in [0.05, 0.1) is 25.3 Å². The van der Waals surface area contributed by atoms with Gasteiger partial charge >= 0.3 is 0 Å². The minimum absolute atomic E-state index is 0.00575. The first-order valence-corrected chi connectivity index (χ1v) is 9.54. The van der Waals surface area contributed by atoms with Crippen LogP contribution < -0.4 is 10.1 Å². The number of hydrogen-bond donors (Lipinski definition) is 1. The highest BCUT2D eigenvalue weighted by Crippen LogP contribution is 2.17. The maximum absolute atomic E-state index is 12.4. The van der Waals surface area contributed by atoms with Crippen LogP contribution in [-0.2, 0) is 11.3 Å². The molecule has 1 aliphatic rings. The van der Waals surface area contributed by atoms with Crippen LogP contribution in [0, 0.1) is 11.3 Å². The van der Waals surface area contributed by atoms with Crippen molar-refractivity contribution in [3.63, 3.8) is 0 Å². The Morgan fingerprint density at radius 2 is 1.86 bits per heavy atom. The molecule has 2 aromatic carbocycles. The van der Waals surface area contributed by atoms with Crippen LogP contribution >= 0.6 is 0 Å². The summed E-state index contributed by atoms with van der Waals surface area (Å²) in [5, 5.41) is 11.8. The van der Waals surface area contributed by atoms with Gasteiger partial charge in [-0.2, -0.15) is 5.26 Å². The van der Waals surface area contributed by atoms with Crippen molar-refractivity contribution in [1.82, 2.24) is 9.80 Å². The average molecular weight is 378 g/mol. The summed E-state index contributed by atoms with van der Waals surface area (Å²) in [7, 11) is 1.61. The topological polar surface area (TPSA) is 68.6 Å². The van der Waals surface area contributed by atoms with Gasteiger partial charge in [0.1, 0.15) is 5.75 Å². The molecule has 1 fully saturated rings. The molecule has 0 unspecified atom stereocenters. The average Bonchev–Trinajstić information content (AvgIpc) is 2.93. The molecule has 0 aromatic heterocycles. The normalized spacial score (nSPS) is 15.4. The van der Waals surface area contributed by atoms with E-state index in [4.69, 9.17) is 10.00 Å². The number of hydrogen-bond acceptors (Lipinski definition) is 5. The molecule has 0 bridgehead atoms. The van der Waals surface area contributed by atoms with Crippen molar-refractivity contribution in [2.75, 3.05) is 45.2 Å². The number of carbonyl (C=O) groups excluding carboxylic acids is 1. The lowest BCUT2D eigenvalue weighted by atomic mass is 10.1. The van der Waals surface area contributed by atoms with Gasteiger partial charge in [-0.25, -0.2) is 0 Å². The Hall–Kier alpha value is -2.88. The lowest BCUT2D eigenvalue weighted by Crippen LogP contribution is -2.36. The zero-order chi connectivity index (χ0) is 19.8. The molecule has 0 radical (unpaired) electrons. The molecule has 1 aliphatic heterocycles. The molecule has 1 heterocycles. The van der Waals surface area contributed by atoms with Crippen molar-refractivity contribution < 1.29 is 9.53 Å². The van der Waals surface area contributed by atoms with Crippen molar-refractivity contribution >= 4 is 11.6 Å². The summed E-state index contributed by atoms with van der Waals surface area (Å²) >= 11 is 0. The third-order valence-corrected chi connectivity index (χ3v) is 4.89. The van der Waals surface area contributed by atoms with Crippen LogP contribution in [0.5, 0.6) is 5.75 Å². The Balaban J connectivity index is 1.47. The maximum Gasteiger partial charge on any atom is 0.238 e. The van der Waals surface area contributed by atoms with Crippen LogP contribution in [0.2, 0.25) is 0 Å². The second-order valence-electron chi connectivity index (χ2n) is 6.99. The molecule has 0 spiro atoms. The van der Waals surface area contributed by atoms with Gasteiger partial charge < -0.3 is 10.1 Å². The smallest absolute Gasteiger partial charge is 0.238 e. The largest absolute Gasteiger partial charge is 0.497 e. The molecule has 1 saturated heterocycles. The van der Waals surface area contributed by atoms with Crippen LogP contribution in [0.15, 0.2) is 48.5 Å². The molecule has 2 aromatic rings. The van der Waals surface area contributed by atoms with Crippen LogP contribution in [0.4, 0.5) is 5.69 Å². The van der Waals surface area contributed by atoms with Crippen molar-refractivity contribution in [2.45, 2.75) is 13.0 Å². The molecule has 6 nitrogen and oxygen atoms in total. The zero-order valence-electron chi connectivity index (χ0n) is 16.2. The molecule has 0 saturated carbocycles. The van der Waals surface area contributed by atoms with Gasteiger partial charge in [-0.3, -0.25) is 14.6 Å². The van der Waals surface area contributed by atoms with Crippen LogP contribution in [0.1, 0.15) is 17.5 Å². The summed E-state index contributed by atoms with van der Waals surface area (Å²) in [6.45, 7) is 4.97. The van der Waals surface area contributed by atoms with E-state index in [0.29, 0.717) is 12.1 Å². The number of benzene rings is 2. The molecule has 1 amide bonds. The molecule has 0 aliphatic carbocycles. The lowest BCUT2D eigenvalue weighted by molar-refractivity contribution is -0.117. The first-order valence-electron chi connectivity index (χ1n) is 9.54. The highest BCUT2D eigenvalue weighted by molar-refractivity contribution is 5.92. The maximum atomic E-state index is 12.4. The fraction of sp³-hybridized carbons (Fsp3) is 0.364. The van der Waals surface area contributed by atoms with E-state index < -0.39 is 0 Å². The highest BCUT2D eigenvalue weighted by atomic mass is 16.5. The minimum atomic E-state index is -0.00575. The van der Waals surface area contributed by atoms with Gasteiger partial charge in [-0.1, -0.05) is 18.2 Å². The SMILES string of the molecule is COc1cccc(NC(=O)CN2CCCN(Cc3ccc(C#N)cc3)CC2)c1. The molecule has 28 heavy (non-hydrogen) atoms. The number of anilines is 1. The first-order chi connectivity index (χ1) is 13.7. The molecular formula is C22H26N4O2. The predicted molar refractivity (Wildman–Crippen MR) is 109 cm³/mol. The number of nitrogens with zero attached hydrogens (tertiary/aromatic N) is 3. The predicted octanol–water partition coefficient (Wildman–Crippen LogP) is 2.71. The molecule has 1 N–H and O–H groups in total. The van der Waals surface area contributed by atoms with Crippen LogP contribution in [0.25, 0.3) is 0 Å². The van der Waals surface area contributed by atoms with E-state index in [9.17, 15) is 4.79 Å². The number of amides is 1. The van der Waals surface area contributed by atoms with Crippen molar-refractivity contribution in [2.24, 2.45) is 0 Å². The van der Waals surface area contributed by atoms with E-state index in [1.165, 1.54) is 5.56 Å². The molecule has 6 heteroatoms. The quantitative estimate of drug-likeness (QED) is 0.837. The summed E-state index contributed by atoms with van der Waals surface area (Å²) in [4.78, 5) is 17.0. The van der Waals surface area contributed by atoms with E-state index >= 15 is 0 Å². The monoisotopic (exact) mass is 378 g/mol. The van der Waals surface area contributed by atoms with Crippen LogP contribution in [0.3, 0.4) is 0 Å². The van der Waals surface area contributed by atoms with Gasteiger partial charge in [0, 0.05) is 31.4 Å². The fourth-order valence-corrected chi connectivity index (χ4v) is 3.39. The van der Waals surface area contributed by atoms with E-state index in [2.05, 4.69) is 21.2 Å². The Morgan fingerprint density at radius 3 is 2.61 bits per heavy atom. The minimum Gasteiger partial charge on any atom is -0.497 e. The van der Waals surface area contributed by atoms with Crippen molar-refractivity contribution in [3.8, 4) is 11.8 Å². The standard InChI is InChI=1S/C22H26N4O2/c1-28-21-5-2-4-20(14-21)24-22(27)17-26-11-3-10-25(12-13-26)16-19-8-6-18(15-23)7-9-19/h2,4-9,14H,3,10-13,16-17H2,1H3,(H,24,27). The van der Waals surface area contributed by atoms with Gasteiger partial charge in [0.15, 0.2) is 0 Å². The van der Waals surface area contributed by atoms with E-state index in [1.807, 2.05) is 48.5 Å². The Morgan fingerprint density at radius 1 is 1.11 bits per heavy atom. The number of rotatable bonds is 6. The fourth-order valence-electron chi connectivity index (χ4n) is 3.39. The second-order valence-corrected chi connectivity index (χ2v) is 6.99. The number of ether oxygens (including phenoxy) is 1. The van der Waals surface area contributed by atoms with Gasteiger partial charge in [-0.15, -0.1) is 0 Å². The summed E-state index contributed by atoms with van der Waals surface area (Å²) in [6, 6.07) is 17.3. The number of methoxy groups -OCH3 is 1. The summed E-state index contributed by atoms with van der Waals surface area (Å²) in [5.41, 5.74) is 2.65. The zero-order valence-corrected chi connectivity index (χ0v) is 16.2. The molecule has 0 atom stereocenters. The third kappa shape index (κ3) is 5.81. The van der Waals surface area contributed by atoms with Crippen molar-refractivity contribution in [3.05, 3.63) is 59.7 Å². The second kappa shape index (κ2) is 9.88. The Kier molecular flexibility index (Phi) is 7.01. The lowest BCUT2D eigenvalue weighted by Gasteiger charge is -2.21. The van der Waals surface area contributed by atoms with E-state index in [0.717, 1.165) is 50.6 Å². The van der Waals surface area contributed by atoms with Crippen LogP contribution in [-0.4, -0.2) is 55.5 Å². The summed E-state index contributed by atoms with van der Waals surface area (Å²) < 4.78 is 5.19. The highest BCUT2D eigenvalue weighted by Gasteiger charge is 2.17. The third-order valence-electron chi connectivity index (χ3n) is 4.89. The first kappa shape index (κ1) is 19.9. The number of carbonyl (C=O) groups is 1. The van der Waals surface area contributed by atoms with Gasteiger partial charge in [-0.05, 0) is 49.3 Å². The van der Waals surface area contributed by atoms with Crippen molar-refractivity contribution in [1.29, 1.82) is 5.26 Å². The Bertz CT molecular complexity index is 829. The summed E-state index contributed by atoms with van der Waals surface area (Å²) in [5.74, 6) is 0.722. The molecular weight excluding hydrogens is 352 g/mol. The molecule has 146 valence electrons. The van der Waals surface area contributed by atoms with Gasteiger partial charge in [0.2, 0.25) is 5.91 Å². The van der Waals surface area contributed by atoms with E-state index in [1.54, 1.807) is 7.11 Å². The number of nitriles is 1. The van der Waals surface area contributed by atoms with Gasteiger partial charge in [0.25, 0.3) is 0 Å². The van der Waals surface area contributed by atoms with E-state index in [-0.39, 0.29) is 5.91 Å². The Labute approximate surface area is 166 Å². The number of nitrogens with one attached hydrogen (secondary N) is 1. The summed E-state index contributed by atoms with van der Waals surface area (Å²) in [6.07, 6.45) is 1.03. The molecule has 3 rings (SSSR count).